The Kier molecular flexibility index (Phi) is 6.57. The Morgan fingerprint density at radius 2 is 0.490 bits per heavy atom. The first kappa shape index (κ1) is 29.2. The van der Waals surface area contributed by atoms with E-state index in [2.05, 4.69) is 170 Å². The van der Waals surface area contributed by atoms with Gasteiger partial charge in [-0.2, -0.15) is 0 Å². The van der Waals surface area contributed by atoms with E-state index >= 15 is 0 Å². The lowest BCUT2D eigenvalue weighted by molar-refractivity contribution is 1.65. The molecule has 8 aromatic carbocycles. The zero-order chi connectivity index (χ0) is 33.5. The molecule has 0 saturated carbocycles. The zero-order valence-corrected chi connectivity index (χ0v) is 29.8. The number of hydrogen-bond donors (Lipinski definition) is 0. The van der Waals surface area contributed by atoms with Crippen LogP contribution in [0, 0.1) is 0 Å². The van der Waals surface area contributed by atoms with E-state index in [1.807, 2.05) is 34.0 Å². The maximum absolute atomic E-state index is 2.30. The molecule has 0 unspecified atom stereocenters. The quantitative estimate of drug-likeness (QED) is 0.171. The van der Waals surface area contributed by atoms with Gasteiger partial charge in [-0.05, 0) is 56.6 Å². The second-order valence-electron chi connectivity index (χ2n) is 13.2. The summed E-state index contributed by atoms with van der Waals surface area (Å²) in [6, 6.07) is 62.9. The number of hydrogen-bond acceptors (Lipinski definition) is 3. The fourth-order valence-electron chi connectivity index (χ4n) is 7.88. The van der Waals surface area contributed by atoms with Crippen molar-refractivity contribution in [2.45, 2.75) is 0 Å². The fourth-order valence-corrected chi connectivity index (χ4v) is 11.7. The van der Waals surface area contributed by atoms with Crippen LogP contribution in [0.2, 0.25) is 0 Å². The molecular weight excluding hydrogens is 673 g/mol. The van der Waals surface area contributed by atoms with Crippen LogP contribution in [0.15, 0.2) is 170 Å². The summed E-state index contributed by atoms with van der Waals surface area (Å²) in [7, 11) is 0. The summed E-state index contributed by atoms with van der Waals surface area (Å²) in [6.45, 7) is 0. The standard InChI is InChI=1S/C48H28S3/c1-3-19-43-37(9-1)39-15-5-11-33(45(39)49-43)29-21-25-31(26-22-29)35-13-7-17-41-42-18-8-14-36(48(42)51-47(35)41)32-27-23-30(24-28-32)34-12-6-16-40-38-10-2-4-20-44(38)50-46(34)40/h1-28H. The summed E-state index contributed by atoms with van der Waals surface area (Å²) in [6.07, 6.45) is 0. The van der Waals surface area contributed by atoms with Gasteiger partial charge in [0.25, 0.3) is 0 Å². The van der Waals surface area contributed by atoms with E-state index in [1.165, 1.54) is 105 Å². The van der Waals surface area contributed by atoms with E-state index in [4.69, 9.17) is 0 Å². The molecule has 238 valence electrons. The molecule has 11 rings (SSSR count). The molecule has 0 aliphatic rings. The summed E-state index contributed by atoms with van der Waals surface area (Å²) in [5, 5.41) is 8.00. The lowest BCUT2D eigenvalue weighted by Gasteiger charge is -2.07. The van der Waals surface area contributed by atoms with Crippen LogP contribution in [0.5, 0.6) is 0 Å². The normalized spacial score (nSPS) is 11.9. The summed E-state index contributed by atoms with van der Waals surface area (Å²) in [5.41, 5.74) is 10.2. The minimum absolute atomic E-state index is 1.25. The predicted molar refractivity (Wildman–Crippen MR) is 227 cm³/mol. The second-order valence-corrected chi connectivity index (χ2v) is 16.3. The lowest BCUT2D eigenvalue weighted by atomic mass is 9.97. The van der Waals surface area contributed by atoms with Gasteiger partial charge >= 0.3 is 0 Å². The van der Waals surface area contributed by atoms with Crippen molar-refractivity contribution in [3.63, 3.8) is 0 Å². The summed E-state index contributed by atoms with van der Waals surface area (Å²) in [4.78, 5) is 0. The maximum Gasteiger partial charge on any atom is 0.0434 e. The molecule has 0 atom stereocenters. The summed E-state index contributed by atoms with van der Waals surface area (Å²) in [5.74, 6) is 0. The smallest absolute Gasteiger partial charge is 0.0434 e. The van der Waals surface area contributed by atoms with E-state index in [-0.39, 0.29) is 0 Å². The molecule has 3 heterocycles. The van der Waals surface area contributed by atoms with E-state index in [1.54, 1.807) is 0 Å². The number of thiophene rings is 3. The molecule has 0 bridgehead atoms. The average molecular weight is 701 g/mol. The number of fused-ring (bicyclic) bond motifs is 9. The van der Waals surface area contributed by atoms with E-state index < -0.39 is 0 Å². The van der Waals surface area contributed by atoms with Gasteiger partial charge in [0, 0.05) is 60.5 Å². The van der Waals surface area contributed by atoms with Gasteiger partial charge in [-0.15, -0.1) is 34.0 Å². The van der Waals surface area contributed by atoms with Crippen molar-refractivity contribution >= 4 is 94.5 Å². The van der Waals surface area contributed by atoms with Crippen molar-refractivity contribution in [3.05, 3.63) is 170 Å². The van der Waals surface area contributed by atoms with Gasteiger partial charge in [0.05, 0.1) is 0 Å². The third-order valence-corrected chi connectivity index (χ3v) is 14.1. The molecule has 0 radical (unpaired) electrons. The molecule has 0 aliphatic carbocycles. The Morgan fingerprint density at radius 1 is 0.216 bits per heavy atom. The highest BCUT2D eigenvalue weighted by atomic mass is 32.1. The van der Waals surface area contributed by atoms with E-state index in [0.29, 0.717) is 0 Å². The largest absolute Gasteiger partial charge is 0.135 e. The van der Waals surface area contributed by atoms with Crippen molar-refractivity contribution in [1.29, 1.82) is 0 Å². The molecule has 0 N–H and O–H groups in total. The Bertz CT molecular complexity index is 2900. The second kappa shape index (κ2) is 11.5. The van der Waals surface area contributed by atoms with Gasteiger partial charge in [-0.3, -0.25) is 0 Å². The molecule has 0 saturated heterocycles. The minimum Gasteiger partial charge on any atom is -0.135 e. The van der Waals surface area contributed by atoms with Crippen molar-refractivity contribution in [1.82, 2.24) is 0 Å². The van der Waals surface area contributed by atoms with Crippen LogP contribution in [0.4, 0.5) is 0 Å². The fraction of sp³-hybridized carbons (Fsp3) is 0. The van der Waals surface area contributed by atoms with Crippen LogP contribution in [0.1, 0.15) is 0 Å². The van der Waals surface area contributed by atoms with Gasteiger partial charge in [0.15, 0.2) is 0 Å². The summed E-state index contributed by atoms with van der Waals surface area (Å²) >= 11 is 5.70. The van der Waals surface area contributed by atoms with Crippen LogP contribution in [0.3, 0.4) is 0 Å². The SMILES string of the molecule is c1ccc2c(c1)sc1c(-c3ccc(-c4cccc5c4sc4c(-c6ccc(-c7cccc8c7sc7ccccc78)cc6)cccc45)cc3)cccc12. The molecule has 3 heteroatoms. The van der Waals surface area contributed by atoms with Gasteiger partial charge < -0.3 is 0 Å². The first-order chi connectivity index (χ1) is 25.3. The van der Waals surface area contributed by atoms with E-state index in [0.717, 1.165) is 0 Å². The average Bonchev–Trinajstić information content (AvgIpc) is 3.89. The van der Waals surface area contributed by atoms with Gasteiger partial charge in [0.2, 0.25) is 0 Å². The molecule has 51 heavy (non-hydrogen) atoms. The number of benzene rings is 8. The van der Waals surface area contributed by atoms with Crippen LogP contribution in [-0.2, 0) is 0 Å². The number of rotatable bonds is 4. The summed E-state index contributed by atoms with van der Waals surface area (Å²) < 4.78 is 8.08. The minimum atomic E-state index is 1.25. The Balaban J connectivity index is 0.975. The molecular formula is C48H28S3. The molecule has 11 aromatic rings. The topological polar surface area (TPSA) is 0 Å². The van der Waals surface area contributed by atoms with Crippen LogP contribution in [0.25, 0.3) is 105 Å². The van der Waals surface area contributed by atoms with Crippen LogP contribution >= 0.6 is 34.0 Å². The molecule has 3 aromatic heterocycles. The van der Waals surface area contributed by atoms with Gasteiger partial charge in [-0.1, -0.05) is 158 Å². The Hall–Kier alpha value is -5.58. The van der Waals surface area contributed by atoms with Crippen molar-refractivity contribution in [2.24, 2.45) is 0 Å². The van der Waals surface area contributed by atoms with Gasteiger partial charge in [0.1, 0.15) is 0 Å². The molecule has 0 nitrogen and oxygen atoms in total. The van der Waals surface area contributed by atoms with Crippen molar-refractivity contribution in [3.8, 4) is 44.5 Å². The van der Waals surface area contributed by atoms with Crippen LogP contribution in [-0.4, -0.2) is 0 Å². The zero-order valence-electron chi connectivity index (χ0n) is 27.4. The lowest BCUT2D eigenvalue weighted by Crippen LogP contribution is -1.82. The Morgan fingerprint density at radius 3 is 0.843 bits per heavy atom. The highest BCUT2D eigenvalue weighted by Crippen LogP contribution is 2.46. The predicted octanol–water partition coefficient (Wildman–Crippen LogP) is 15.5. The molecule has 0 amide bonds. The first-order valence-corrected chi connectivity index (χ1v) is 19.7. The van der Waals surface area contributed by atoms with Crippen LogP contribution < -0.4 is 0 Å². The van der Waals surface area contributed by atoms with Crippen molar-refractivity contribution < 1.29 is 0 Å². The Labute approximate surface area is 307 Å². The molecule has 0 fully saturated rings. The molecule has 0 aliphatic heterocycles. The van der Waals surface area contributed by atoms with E-state index in [9.17, 15) is 0 Å². The third kappa shape index (κ3) is 4.56. The highest BCUT2D eigenvalue weighted by molar-refractivity contribution is 7.27. The highest BCUT2D eigenvalue weighted by Gasteiger charge is 2.16. The third-order valence-electron chi connectivity index (χ3n) is 10.3. The van der Waals surface area contributed by atoms with Gasteiger partial charge in [-0.25, -0.2) is 0 Å². The monoisotopic (exact) mass is 700 g/mol. The maximum atomic E-state index is 2.30. The van der Waals surface area contributed by atoms with Crippen molar-refractivity contribution in [2.75, 3.05) is 0 Å². The molecule has 0 spiro atoms. The first-order valence-electron chi connectivity index (χ1n) is 17.2.